The summed E-state index contributed by atoms with van der Waals surface area (Å²) in [7, 11) is 0. The smallest absolute Gasteiger partial charge is 0.421 e. The normalized spacial score (nSPS) is 20.6. The third-order valence-corrected chi connectivity index (χ3v) is 7.40. The van der Waals surface area contributed by atoms with Gasteiger partial charge in [-0.2, -0.15) is 0 Å². The molecule has 2 aliphatic heterocycles. The number of hydrogen-bond donors (Lipinski definition) is 1. The first-order chi connectivity index (χ1) is 18.5. The number of nitrogens with zero attached hydrogens (tertiary/aromatic N) is 2. The van der Waals surface area contributed by atoms with Crippen LogP contribution in [0, 0.1) is 5.82 Å². The number of ether oxygens (including phenoxy) is 2. The third kappa shape index (κ3) is 4.30. The van der Waals surface area contributed by atoms with Gasteiger partial charge < -0.3 is 14.5 Å². The fourth-order valence-corrected chi connectivity index (χ4v) is 5.91. The van der Waals surface area contributed by atoms with Crippen LogP contribution in [0.2, 0.25) is 10.0 Å². The Morgan fingerprint density at radius 3 is 2.27 bits per heavy atom. The van der Waals surface area contributed by atoms with Crippen LogP contribution in [0.3, 0.4) is 0 Å². The number of amides is 3. The highest BCUT2D eigenvalue weighted by Gasteiger charge is 2.65. The van der Waals surface area contributed by atoms with Crippen LogP contribution in [0.15, 0.2) is 30.3 Å². The van der Waals surface area contributed by atoms with Gasteiger partial charge in [-0.1, -0.05) is 23.2 Å². The van der Waals surface area contributed by atoms with Crippen molar-refractivity contribution < 1.29 is 28.2 Å². The molecular formula is C29H30Cl2FN3O5. The molecule has 2 aromatic carbocycles. The van der Waals surface area contributed by atoms with Crippen molar-refractivity contribution in [2.45, 2.75) is 77.7 Å². The molecule has 212 valence electrons. The summed E-state index contributed by atoms with van der Waals surface area (Å²) < 4.78 is 26.1. The molecule has 3 amide bonds. The summed E-state index contributed by atoms with van der Waals surface area (Å²) in [6.07, 6.45) is -1.40. The van der Waals surface area contributed by atoms with E-state index in [9.17, 15) is 18.8 Å². The molecule has 1 N–H and O–H groups in total. The Morgan fingerprint density at radius 2 is 1.65 bits per heavy atom. The SMILES string of the molecule is C[C@H]1Cc2c([nH]c3cc(Cl)c(F)cc23)[C@]2(C(=O)N(C(=O)OC(C)(C)C)c3ccc(Cl)cc32)N1C(=O)OC(C)(C)C. The number of aromatic amines is 1. The number of anilines is 1. The summed E-state index contributed by atoms with van der Waals surface area (Å²) in [5.41, 5.74) is -1.83. The molecule has 0 fully saturated rings. The summed E-state index contributed by atoms with van der Waals surface area (Å²) in [5.74, 6) is -1.38. The number of benzene rings is 2. The standard InChI is InChI=1S/C29H30Cl2FN3O5/c1-14-10-17-16-12-20(32)19(31)13-21(16)33-23(17)29(35(14)26(38)40-28(5,6)7)18-11-15(30)8-9-22(18)34(24(29)36)25(37)39-27(2,3)4/h8-9,11-14,33H,10H2,1-7H3/t14-,29+/m0/s1. The van der Waals surface area contributed by atoms with E-state index >= 15 is 0 Å². The van der Waals surface area contributed by atoms with Crippen molar-refractivity contribution in [2.75, 3.05) is 4.90 Å². The van der Waals surface area contributed by atoms with Gasteiger partial charge in [-0.05, 0) is 90.8 Å². The Kier molecular flexibility index (Phi) is 6.43. The lowest BCUT2D eigenvalue weighted by atomic mass is 9.78. The van der Waals surface area contributed by atoms with Crippen LogP contribution < -0.4 is 4.90 Å². The van der Waals surface area contributed by atoms with E-state index in [1.807, 2.05) is 0 Å². The summed E-state index contributed by atoms with van der Waals surface area (Å²) in [5, 5.41) is 0.693. The van der Waals surface area contributed by atoms with E-state index in [4.69, 9.17) is 32.7 Å². The molecule has 0 saturated heterocycles. The number of imide groups is 1. The number of carbonyl (C=O) groups excluding carboxylic acids is 3. The Morgan fingerprint density at radius 1 is 1.02 bits per heavy atom. The lowest BCUT2D eigenvalue weighted by Gasteiger charge is -2.47. The predicted octanol–water partition coefficient (Wildman–Crippen LogP) is 7.32. The van der Waals surface area contributed by atoms with Crippen molar-refractivity contribution in [3.8, 4) is 0 Å². The minimum Gasteiger partial charge on any atom is -0.444 e. The van der Waals surface area contributed by atoms with Crippen LogP contribution in [-0.2, 0) is 26.2 Å². The Labute approximate surface area is 241 Å². The van der Waals surface area contributed by atoms with Gasteiger partial charge >= 0.3 is 12.2 Å². The molecule has 2 atom stereocenters. The van der Waals surface area contributed by atoms with E-state index in [-0.39, 0.29) is 27.7 Å². The average molecular weight is 590 g/mol. The zero-order valence-electron chi connectivity index (χ0n) is 23.2. The molecule has 0 bridgehead atoms. The second-order valence-corrected chi connectivity index (χ2v) is 13.0. The molecule has 2 aliphatic rings. The van der Waals surface area contributed by atoms with Crippen LogP contribution in [0.5, 0.6) is 0 Å². The minimum absolute atomic E-state index is 0.103. The predicted molar refractivity (Wildman–Crippen MR) is 150 cm³/mol. The molecule has 0 saturated carbocycles. The van der Waals surface area contributed by atoms with Gasteiger partial charge in [0.1, 0.15) is 17.0 Å². The Balaban J connectivity index is 1.87. The van der Waals surface area contributed by atoms with E-state index in [1.165, 1.54) is 17.0 Å². The maximum atomic E-state index is 14.8. The second kappa shape index (κ2) is 9.11. The highest BCUT2D eigenvalue weighted by Crippen LogP contribution is 2.54. The third-order valence-electron chi connectivity index (χ3n) is 6.88. The largest absolute Gasteiger partial charge is 0.444 e. The quantitative estimate of drug-likeness (QED) is 0.296. The molecule has 8 nitrogen and oxygen atoms in total. The van der Waals surface area contributed by atoms with E-state index in [0.717, 1.165) is 4.90 Å². The van der Waals surface area contributed by atoms with Crippen LogP contribution in [0.25, 0.3) is 10.9 Å². The van der Waals surface area contributed by atoms with E-state index < -0.39 is 46.7 Å². The van der Waals surface area contributed by atoms with Crippen LogP contribution in [0.1, 0.15) is 65.3 Å². The van der Waals surface area contributed by atoms with Crippen molar-refractivity contribution in [3.63, 3.8) is 0 Å². The van der Waals surface area contributed by atoms with Crippen LogP contribution in [0.4, 0.5) is 19.7 Å². The average Bonchev–Trinajstić information content (AvgIpc) is 3.25. The highest BCUT2D eigenvalue weighted by molar-refractivity contribution is 6.32. The topological polar surface area (TPSA) is 91.9 Å². The Hall–Kier alpha value is -3.30. The summed E-state index contributed by atoms with van der Waals surface area (Å²) >= 11 is 12.6. The fourth-order valence-electron chi connectivity index (χ4n) is 5.57. The molecular weight excluding hydrogens is 560 g/mol. The van der Waals surface area contributed by atoms with Gasteiger partial charge in [-0.25, -0.2) is 18.9 Å². The lowest BCUT2D eigenvalue weighted by Crippen LogP contribution is -2.63. The first kappa shape index (κ1) is 28.2. The van der Waals surface area contributed by atoms with E-state index in [2.05, 4.69) is 4.98 Å². The molecule has 0 unspecified atom stereocenters. The van der Waals surface area contributed by atoms with Gasteiger partial charge in [0.15, 0.2) is 5.54 Å². The number of hydrogen-bond acceptors (Lipinski definition) is 5. The molecule has 11 heteroatoms. The van der Waals surface area contributed by atoms with E-state index in [0.29, 0.717) is 22.2 Å². The number of rotatable bonds is 0. The summed E-state index contributed by atoms with van der Waals surface area (Å²) in [4.78, 5) is 47.8. The molecule has 0 aliphatic carbocycles. The number of fused-ring (bicyclic) bond motifs is 6. The maximum absolute atomic E-state index is 14.8. The fraction of sp³-hybridized carbons (Fsp3) is 0.414. The summed E-state index contributed by atoms with van der Waals surface area (Å²) in [6.45, 7) is 12.0. The van der Waals surface area contributed by atoms with Crippen molar-refractivity contribution in [3.05, 3.63) is 63.0 Å². The molecule has 3 heterocycles. The molecule has 40 heavy (non-hydrogen) atoms. The van der Waals surface area contributed by atoms with Gasteiger partial charge in [0.2, 0.25) is 0 Å². The van der Waals surface area contributed by atoms with Gasteiger partial charge in [-0.15, -0.1) is 0 Å². The maximum Gasteiger partial charge on any atom is 0.421 e. The van der Waals surface area contributed by atoms with Crippen molar-refractivity contribution in [1.29, 1.82) is 0 Å². The Bertz CT molecular complexity index is 1590. The van der Waals surface area contributed by atoms with Crippen LogP contribution in [-0.4, -0.2) is 45.2 Å². The molecule has 1 spiro atoms. The zero-order chi connectivity index (χ0) is 29.5. The molecule has 5 rings (SSSR count). The van der Waals surface area contributed by atoms with Crippen molar-refractivity contribution in [1.82, 2.24) is 9.88 Å². The van der Waals surface area contributed by atoms with Gasteiger partial charge in [-0.3, -0.25) is 9.69 Å². The lowest BCUT2D eigenvalue weighted by molar-refractivity contribution is -0.129. The van der Waals surface area contributed by atoms with Gasteiger partial charge in [0, 0.05) is 27.5 Å². The second-order valence-electron chi connectivity index (χ2n) is 12.2. The highest BCUT2D eigenvalue weighted by atomic mass is 35.5. The minimum atomic E-state index is -1.91. The number of nitrogens with one attached hydrogen (secondary N) is 1. The number of halogens is 3. The number of aromatic nitrogens is 1. The zero-order valence-corrected chi connectivity index (χ0v) is 24.8. The first-order valence-corrected chi connectivity index (χ1v) is 13.6. The summed E-state index contributed by atoms with van der Waals surface area (Å²) in [6, 6.07) is 6.77. The molecule has 1 aromatic heterocycles. The first-order valence-electron chi connectivity index (χ1n) is 12.9. The van der Waals surface area contributed by atoms with Crippen molar-refractivity contribution >= 4 is 57.9 Å². The van der Waals surface area contributed by atoms with E-state index in [1.54, 1.807) is 66.7 Å². The van der Waals surface area contributed by atoms with Gasteiger partial charge in [0.05, 0.1) is 16.4 Å². The molecule has 0 radical (unpaired) electrons. The van der Waals surface area contributed by atoms with Crippen molar-refractivity contribution in [2.24, 2.45) is 0 Å². The van der Waals surface area contributed by atoms with Crippen LogP contribution >= 0.6 is 23.2 Å². The monoisotopic (exact) mass is 589 g/mol. The number of H-pyrrole nitrogens is 1. The van der Waals surface area contributed by atoms with Gasteiger partial charge in [0.25, 0.3) is 5.91 Å². The molecule has 3 aromatic rings. The number of carbonyl (C=O) groups is 3.